The molecule has 0 bridgehead atoms. The molecule has 0 saturated heterocycles. The Balaban J connectivity index is 1.50. The molecule has 0 atom stereocenters. The fourth-order valence-electron chi connectivity index (χ4n) is 5.06. The summed E-state index contributed by atoms with van der Waals surface area (Å²) in [5, 5.41) is 5.80. The second-order valence-corrected chi connectivity index (χ2v) is 12.2. The number of fused-ring (bicyclic) bond motifs is 1. The molecule has 0 fully saturated rings. The number of benzene rings is 3. The van der Waals surface area contributed by atoms with Crippen molar-refractivity contribution in [2.24, 2.45) is 5.14 Å². The third-order valence-corrected chi connectivity index (χ3v) is 8.42. The molecule has 2 N–H and O–H groups in total. The number of nitrogens with zero attached hydrogens (tertiary/aromatic N) is 3. The largest absolute Gasteiger partial charge is 0.486 e. The van der Waals surface area contributed by atoms with Crippen LogP contribution in [-0.2, 0) is 36.2 Å². The molecule has 41 heavy (non-hydrogen) atoms. The van der Waals surface area contributed by atoms with Crippen molar-refractivity contribution >= 4 is 21.6 Å². The number of hydrogen-bond donors (Lipinski definition) is 1. The van der Waals surface area contributed by atoms with Crippen molar-refractivity contribution in [2.75, 3.05) is 13.2 Å². The van der Waals surface area contributed by atoms with Gasteiger partial charge in [0, 0.05) is 31.7 Å². The fourth-order valence-corrected chi connectivity index (χ4v) is 5.82. The zero-order chi connectivity index (χ0) is 29.0. The average molecular weight is 595 g/mol. The molecule has 10 heteroatoms. The molecule has 1 aliphatic heterocycles. The lowest BCUT2D eigenvalue weighted by atomic mass is 10.1. The maximum atomic E-state index is 11.8. The normalized spacial score (nSPS) is 13.1. The standard InChI is InChI=1S/C31H35ClN4O4S/c1-3-4-15-36-27(30(32)34-31(36)26-8-6-5-7-22(26)2)21-35(19-23-9-12-25(13-10-23)41(33,37)38)20-24-11-14-28-29(18-24)40-17-16-39-28/h5-14,18H,3-4,15-17,19-21H2,1-2H3,(H2,33,37,38). The first-order chi connectivity index (χ1) is 19.7. The van der Waals surface area contributed by atoms with E-state index in [-0.39, 0.29) is 4.90 Å². The van der Waals surface area contributed by atoms with E-state index >= 15 is 0 Å². The quantitative estimate of drug-likeness (QED) is 0.231. The van der Waals surface area contributed by atoms with Crippen molar-refractivity contribution in [2.45, 2.75) is 57.8 Å². The highest BCUT2D eigenvalue weighted by molar-refractivity contribution is 7.89. The number of sulfonamides is 1. The first-order valence-electron chi connectivity index (χ1n) is 13.8. The summed E-state index contributed by atoms with van der Waals surface area (Å²) in [4.78, 5) is 7.20. The van der Waals surface area contributed by atoms with E-state index in [2.05, 4.69) is 35.4 Å². The number of halogens is 1. The van der Waals surface area contributed by atoms with Crippen LogP contribution in [0, 0.1) is 6.92 Å². The van der Waals surface area contributed by atoms with Crippen LogP contribution in [0.3, 0.4) is 0 Å². The average Bonchev–Trinajstić information content (AvgIpc) is 3.26. The van der Waals surface area contributed by atoms with Gasteiger partial charge < -0.3 is 14.0 Å². The molecule has 0 radical (unpaired) electrons. The molecule has 3 aromatic carbocycles. The summed E-state index contributed by atoms with van der Waals surface area (Å²) < 4.78 is 37.4. The lowest BCUT2D eigenvalue weighted by Gasteiger charge is -2.25. The van der Waals surface area contributed by atoms with Crippen molar-refractivity contribution in [1.82, 2.24) is 14.5 Å². The zero-order valence-electron chi connectivity index (χ0n) is 23.3. The van der Waals surface area contributed by atoms with Crippen LogP contribution < -0.4 is 14.6 Å². The molecule has 0 aliphatic carbocycles. The van der Waals surface area contributed by atoms with Crippen molar-refractivity contribution in [3.63, 3.8) is 0 Å². The first-order valence-corrected chi connectivity index (χ1v) is 15.7. The minimum Gasteiger partial charge on any atom is -0.486 e. The molecule has 1 aromatic heterocycles. The summed E-state index contributed by atoms with van der Waals surface area (Å²) in [6.07, 6.45) is 2.04. The summed E-state index contributed by atoms with van der Waals surface area (Å²) in [7, 11) is -3.77. The van der Waals surface area contributed by atoms with E-state index in [9.17, 15) is 8.42 Å². The minimum atomic E-state index is -3.77. The van der Waals surface area contributed by atoms with Crippen molar-refractivity contribution < 1.29 is 17.9 Å². The lowest BCUT2D eigenvalue weighted by Crippen LogP contribution is -2.25. The molecule has 5 rings (SSSR count). The van der Waals surface area contributed by atoms with Gasteiger partial charge in [-0.1, -0.05) is 67.4 Å². The van der Waals surface area contributed by atoms with Crippen LogP contribution in [0.2, 0.25) is 5.15 Å². The Morgan fingerprint density at radius 3 is 2.34 bits per heavy atom. The van der Waals surface area contributed by atoms with Gasteiger partial charge in [-0.2, -0.15) is 0 Å². The van der Waals surface area contributed by atoms with Crippen LogP contribution in [0.1, 0.15) is 42.1 Å². The molecule has 216 valence electrons. The SMILES string of the molecule is CCCCn1c(-c2ccccc2C)nc(Cl)c1CN(Cc1ccc(S(N)(=O)=O)cc1)Cc1ccc2c(c1)OCCO2. The lowest BCUT2D eigenvalue weighted by molar-refractivity contribution is 0.170. The third kappa shape index (κ3) is 6.93. The Morgan fingerprint density at radius 1 is 0.951 bits per heavy atom. The van der Waals surface area contributed by atoms with Gasteiger partial charge >= 0.3 is 0 Å². The Labute approximate surface area is 246 Å². The summed E-state index contributed by atoms with van der Waals surface area (Å²) in [6, 6.07) is 20.9. The fraction of sp³-hybridized carbons (Fsp3) is 0.323. The number of hydrogen-bond acceptors (Lipinski definition) is 6. The molecule has 0 unspecified atom stereocenters. The number of nitrogens with two attached hydrogens (primary N) is 1. The summed E-state index contributed by atoms with van der Waals surface area (Å²) >= 11 is 6.87. The highest BCUT2D eigenvalue weighted by Gasteiger charge is 2.22. The molecule has 4 aromatic rings. The van der Waals surface area contributed by atoms with Gasteiger partial charge in [0.25, 0.3) is 0 Å². The predicted octanol–water partition coefficient (Wildman–Crippen LogP) is 5.93. The first kappa shape index (κ1) is 29.1. The van der Waals surface area contributed by atoms with Gasteiger partial charge in [-0.25, -0.2) is 18.5 Å². The number of imidazole rings is 1. The minimum absolute atomic E-state index is 0.0863. The topological polar surface area (TPSA) is 99.7 Å². The van der Waals surface area contributed by atoms with E-state index in [1.165, 1.54) is 0 Å². The van der Waals surface area contributed by atoms with E-state index in [0.29, 0.717) is 38.0 Å². The van der Waals surface area contributed by atoms with Gasteiger partial charge in [-0.15, -0.1) is 0 Å². The molecule has 0 spiro atoms. The van der Waals surface area contributed by atoms with Crippen LogP contribution in [0.15, 0.2) is 71.6 Å². The van der Waals surface area contributed by atoms with E-state index in [4.69, 9.17) is 31.2 Å². The van der Waals surface area contributed by atoms with Crippen molar-refractivity contribution in [3.8, 4) is 22.9 Å². The van der Waals surface area contributed by atoms with E-state index in [0.717, 1.165) is 64.7 Å². The number of primary sulfonamides is 1. The van der Waals surface area contributed by atoms with Crippen LogP contribution in [0.4, 0.5) is 0 Å². The number of rotatable bonds is 11. The Morgan fingerprint density at radius 2 is 1.63 bits per heavy atom. The second-order valence-electron chi connectivity index (χ2n) is 10.3. The van der Waals surface area contributed by atoms with Crippen molar-refractivity contribution in [3.05, 3.63) is 94.3 Å². The Hall–Kier alpha value is -3.37. The van der Waals surface area contributed by atoms with Gasteiger partial charge in [-0.3, -0.25) is 4.90 Å². The number of ether oxygens (including phenoxy) is 2. The molecule has 2 heterocycles. The molecule has 0 amide bonds. The smallest absolute Gasteiger partial charge is 0.238 e. The van der Waals surface area contributed by atoms with E-state index in [1.54, 1.807) is 24.3 Å². The number of unbranched alkanes of at least 4 members (excludes halogenated alkanes) is 1. The molecule has 1 aliphatic rings. The van der Waals surface area contributed by atoms with Crippen molar-refractivity contribution in [1.29, 1.82) is 0 Å². The van der Waals surface area contributed by atoms with Gasteiger partial charge in [0.2, 0.25) is 10.0 Å². The molecular weight excluding hydrogens is 560 g/mol. The number of aryl methyl sites for hydroxylation is 1. The monoisotopic (exact) mass is 594 g/mol. The Bertz CT molecular complexity index is 1620. The van der Waals surface area contributed by atoms with Gasteiger partial charge in [0.15, 0.2) is 16.7 Å². The predicted molar refractivity (Wildman–Crippen MR) is 161 cm³/mol. The van der Waals surface area contributed by atoms with E-state index in [1.807, 2.05) is 30.3 Å². The second kappa shape index (κ2) is 12.7. The third-order valence-electron chi connectivity index (χ3n) is 7.19. The van der Waals surface area contributed by atoms with E-state index < -0.39 is 10.0 Å². The molecule has 0 saturated carbocycles. The highest BCUT2D eigenvalue weighted by Crippen LogP contribution is 2.33. The van der Waals surface area contributed by atoms with Crippen LogP contribution in [0.5, 0.6) is 11.5 Å². The molecule has 8 nitrogen and oxygen atoms in total. The molecular formula is C31H35ClN4O4S. The van der Waals surface area contributed by atoms with Crippen LogP contribution in [0.25, 0.3) is 11.4 Å². The maximum absolute atomic E-state index is 11.8. The van der Waals surface area contributed by atoms with Crippen LogP contribution in [-0.4, -0.2) is 36.1 Å². The maximum Gasteiger partial charge on any atom is 0.238 e. The zero-order valence-corrected chi connectivity index (χ0v) is 24.9. The summed E-state index contributed by atoms with van der Waals surface area (Å²) in [6.45, 7) is 7.80. The van der Waals surface area contributed by atoms with Crippen LogP contribution >= 0.6 is 11.6 Å². The van der Waals surface area contributed by atoms with Gasteiger partial charge in [0.1, 0.15) is 19.0 Å². The van der Waals surface area contributed by atoms with Gasteiger partial charge in [-0.05, 0) is 54.3 Å². The Kier molecular flexibility index (Phi) is 8.99. The van der Waals surface area contributed by atoms with Gasteiger partial charge in [0.05, 0.1) is 10.6 Å². The summed E-state index contributed by atoms with van der Waals surface area (Å²) in [5.41, 5.74) is 5.16. The number of aromatic nitrogens is 2. The highest BCUT2D eigenvalue weighted by atomic mass is 35.5. The summed E-state index contributed by atoms with van der Waals surface area (Å²) in [5.74, 6) is 2.35.